The van der Waals surface area contributed by atoms with Crippen LogP contribution in [0.3, 0.4) is 0 Å². The number of ketones is 1. The smallest absolute Gasteiger partial charge is 0.165 e. The first-order chi connectivity index (χ1) is 7.66. The maximum absolute atomic E-state index is 11.4. The lowest BCUT2D eigenvalue weighted by molar-refractivity contribution is -0.125. The Morgan fingerprint density at radius 2 is 1.88 bits per heavy atom. The fourth-order valence-electron chi connectivity index (χ4n) is 1.70. The molecule has 0 saturated carbocycles. The standard InChI is InChI=1S/C14H14O2/c1-10(15)14(16)9-11-6-7-12-4-2-3-5-13(12)8-11/h2-8,10,15H,9H2,1H3. The Morgan fingerprint density at radius 1 is 1.19 bits per heavy atom. The van der Waals surface area contributed by atoms with Gasteiger partial charge in [0.2, 0.25) is 0 Å². The topological polar surface area (TPSA) is 37.3 Å². The molecule has 0 aliphatic carbocycles. The number of aliphatic hydroxyl groups is 1. The first-order valence-corrected chi connectivity index (χ1v) is 5.35. The van der Waals surface area contributed by atoms with Crippen LogP contribution in [0.1, 0.15) is 12.5 Å². The van der Waals surface area contributed by atoms with Crippen LogP contribution in [0.2, 0.25) is 0 Å². The van der Waals surface area contributed by atoms with E-state index in [1.54, 1.807) is 0 Å². The van der Waals surface area contributed by atoms with Crippen LogP contribution in [0.4, 0.5) is 0 Å². The number of carbonyl (C=O) groups is 1. The third-order valence-electron chi connectivity index (χ3n) is 2.66. The second-order valence-corrected chi connectivity index (χ2v) is 4.00. The molecular formula is C14H14O2. The van der Waals surface area contributed by atoms with Crippen molar-refractivity contribution >= 4 is 16.6 Å². The number of benzene rings is 2. The molecule has 0 aliphatic heterocycles. The average molecular weight is 214 g/mol. The molecule has 0 spiro atoms. The van der Waals surface area contributed by atoms with Crippen molar-refractivity contribution in [1.29, 1.82) is 0 Å². The molecule has 2 rings (SSSR count). The van der Waals surface area contributed by atoms with Gasteiger partial charge in [0.1, 0.15) is 6.10 Å². The van der Waals surface area contributed by atoms with Gasteiger partial charge in [0, 0.05) is 6.42 Å². The fourth-order valence-corrected chi connectivity index (χ4v) is 1.70. The van der Waals surface area contributed by atoms with Gasteiger partial charge in [-0.1, -0.05) is 42.5 Å². The van der Waals surface area contributed by atoms with Crippen LogP contribution in [-0.4, -0.2) is 17.0 Å². The summed E-state index contributed by atoms with van der Waals surface area (Å²) in [6.07, 6.45) is -0.589. The van der Waals surface area contributed by atoms with Crippen LogP contribution in [-0.2, 0) is 11.2 Å². The second-order valence-electron chi connectivity index (χ2n) is 4.00. The summed E-state index contributed by atoms with van der Waals surface area (Å²) in [6, 6.07) is 13.9. The summed E-state index contributed by atoms with van der Waals surface area (Å²) >= 11 is 0. The quantitative estimate of drug-likeness (QED) is 0.851. The van der Waals surface area contributed by atoms with Crippen molar-refractivity contribution in [3.8, 4) is 0 Å². The highest BCUT2D eigenvalue weighted by atomic mass is 16.3. The van der Waals surface area contributed by atoms with Crippen LogP contribution < -0.4 is 0 Å². The normalized spacial score (nSPS) is 12.6. The molecule has 82 valence electrons. The number of Topliss-reactive ketones (excluding diaryl/α,β-unsaturated/α-hetero) is 1. The van der Waals surface area contributed by atoms with Crippen LogP contribution in [0.5, 0.6) is 0 Å². The van der Waals surface area contributed by atoms with E-state index in [1.807, 2.05) is 42.5 Å². The molecule has 2 heteroatoms. The minimum absolute atomic E-state index is 0.143. The SMILES string of the molecule is CC(O)C(=O)Cc1ccc2ccccc2c1. The average Bonchev–Trinajstić information content (AvgIpc) is 2.28. The van der Waals surface area contributed by atoms with Gasteiger partial charge >= 0.3 is 0 Å². The summed E-state index contributed by atoms with van der Waals surface area (Å²) < 4.78 is 0. The molecule has 1 atom stereocenters. The molecule has 0 radical (unpaired) electrons. The van der Waals surface area contributed by atoms with Gasteiger partial charge in [0.15, 0.2) is 5.78 Å². The Bertz CT molecular complexity index is 515. The zero-order chi connectivity index (χ0) is 11.5. The van der Waals surface area contributed by atoms with Crippen molar-refractivity contribution < 1.29 is 9.90 Å². The molecule has 0 bridgehead atoms. The largest absolute Gasteiger partial charge is 0.386 e. The van der Waals surface area contributed by atoms with Crippen molar-refractivity contribution in [3.63, 3.8) is 0 Å². The van der Waals surface area contributed by atoms with E-state index in [9.17, 15) is 4.79 Å². The molecule has 0 aliphatic rings. The van der Waals surface area contributed by atoms with Gasteiger partial charge < -0.3 is 5.11 Å². The van der Waals surface area contributed by atoms with E-state index in [4.69, 9.17) is 5.11 Å². The van der Waals surface area contributed by atoms with Gasteiger partial charge in [-0.3, -0.25) is 4.79 Å². The van der Waals surface area contributed by atoms with E-state index >= 15 is 0 Å². The molecular weight excluding hydrogens is 200 g/mol. The van der Waals surface area contributed by atoms with E-state index in [0.29, 0.717) is 6.42 Å². The molecule has 0 amide bonds. The van der Waals surface area contributed by atoms with Gasteiger partial charge in [-0.2, -0.15) is 0 Å². The summed E-state index contributed by atoms with van der Waals surface area (Å²) in [7, 11) is 0. The van der Waals surface area contributed by atoms with Crippen LogP contribution in [0.15, 0.2) is 42.5 Å². The minimum atomic E-state index is -0.883. The Morgan fingerprint density at radius 3 is 2.56 bits per heavy atom. The second kappa shape index (κ2) is 4.45. The zero-order valence-electron chi connectivity index (χ0n) is 9.18. The third kappa shape index (κ3) is 2.28. The lowest BCUT2D eigenvalue weighted by atomic mass is 10.0. The van der Waals surface area contributed by atoms with Gasteiger partial charge in [0.05, 0.1) is 0 Å². The summed E-state index contributed by atoms with van der Waals surface area (Å²) in [4.78, 5) is 11.4. The lowest BCUT2D eigenvalue weighted by Crippen LogP contribution is -2.18. The van der Waals surface area contributed by atoms with E-state index < -0.39 is 6.10 Å². The van der Waals surface area contributed by atoms with E-state index in [1.165, 1.54) is 6.92 Å². The summed E-state index contributed by atoms with van der Waals surface area (Å²) in [6.45, 7) is 1.50. The van der Waals surface area contributed by atoms with Gasteiger partial charge in [-0.15, -0.1) is 0 Å². The molecule has 2 aromatic carbocycles. The Balaban J connectivity index is 2.29. The highest BCUT2D eigenvalue weighted by molar-refractivity contribution is 5.87. The molecule has 2 nitrogen and oxygen atoms in total. The number of hydrogen-bond donors (Lipinski definition) is 1. The maximum atomic E-state index is 11.4. The maximum Gasteiger partial charge on any atom is 0.165 e. The molecule has 0 heterocycles. The third-order valence-corrected chi connectivity index (χ3v) is 2.66. The minimum Gasteiger partial charge on any atom is -0.386 e. The Hall–Kier alpha value is -1.67. The van der Waals surface area contributed by atoms with Crippen molar-refractivity contribution in [3.05, 3.63) is 48.0 Å². The van der Waals surface area contributed by atoms with Crippen LogP contribution in [0.25, 0.3) is 10.8 Å². The summed E-state index contributed by atoms with van der Waals surface area (Å²) in [5.74, 6) is -0.143. The Kier molecular flexibility index (Phi) is 3.02. The monoisotopic (exact) mass is 214 g/mol. The van der Waals surface area contributed by atoms with E-state index in [-0.39, 0.29) is 5.78 Å². The molecule has 0 saturated heterocycles. The number of aliphatic hydroxyl groups excluding tert-OH is 1. The molecule has 0 aromatic heterocycles. The van der Waals surface area contributed by atoms with Crippen molar-refractivity contribution in [1.82, 2.24) is 0 Å². The number of rotatable bonds is 3. The number of fused-ring (bicyclic) bond motifs is 1. The highest BCUT2D eigenvalue weighted by Gasteiger charge is 2.09. The number of hydrogen-bond acceptors (Lipinski definition) is 2. The number of carbonyl (C=O) groups excluding carboxylic acids is 1. The van der Waals surface area contributed by atoms with Gasteiger partial charge in [-0.25, -0.2) is 0 Å². The first-order valence-electron chi connectivity index (χ1n) is 5.35. The van der Waals surface area contributed by atoms with Crippen molar-refractivity contribution in [2.75, 3.05) is 0 Å². The van der Waals surface area contributed by atoms with Crippen molar-refractivity contribution in [2.45, 2.75) is 19.4 Å². The lowest BCUT2D eigenvalue weighted by Gasteiger charge is -2.05. The zero-order valence-corrected chi connectivity index (χ0v) is 9.18. The highest BCUT2D eigenvalue weighted by Crippen LogP contribution is 2.16. The predicted molar refractivity (Wildman–Crippen MR) is 64.3 cm³/mol. The fraction of sp³-hybridized carbons (Fsp3) is 0.214. The molecule has 0 fully saturated rings. The predicted octanol–water partition coefficient (Wildman–Crippen LogP) is 2.33. The molecule has 16 heavy (non-hydrogen) atoms. The molecule has 1 N–H and O–H groups in total. The summed E-state index contributed by atoms with van der Waals surface area (Å²) in [5.41, 5.74) is 0.949. The molecule has 2 aromatic rings. The summed E-state index contributed by atoms with van der Waals surface area (Å²) in [5, 5.41) is 11.4. The molecule has 1 unspecified atom stereocenters. The van der Waals surface area contributed by atoms with E-state index in [0.717, 1.165) is 16.3 Å². The van der Waals surface area contributed by atoms with Gasteiger partial charge in [-0.05, 0) is 23.3 Å². The first kappa shape index (κ1) is 10.8. The van der Waals surface area contributed by atoms with Crippen molar-refractivity contribution in [2.24, 2.45) is 0 Å². The Labute approximate surface area is 94.5 Å². The van der Waals surface area contributed by atoms with Gasteiger partial charge in [0.25, 0.3) is 0 Å². The van der Waals surface area contributed by atoms with Crippen LogP contribution in [0, 0.1) is 0 Å². The van der Waals surface area contributed by atoms with Crippen LogP contribution >= 0.6 is 0 Å². The van der Waals surface area contributed by atoms with E-state index in [2.05, 4.69) is 0 Å².